The van der Waals surface area contributed by atoms with Crippen molar-refractivity contribution in [2.75, 3.05) is 25.6 Å². The van der Waals surface area contributed by atoms with E-state index in [-0.39, 0.29) is 17.6 Å². The highest BCUT2D eigenvalue weighted by atomic mass is 19.1. The molecule has 2 aromatic carbocycles. The summed E-state index contributed by atoms with van der Waals surface area (Å²) in [6, 6.07) is 13.4. The van der Waals surface area contributed by atoms with Crippen LogP contribution >= 0.6 is 0 Å². The van der Waals surface area contributed by atoms with E-state index in [2.05, 4.69) is 10.6 Å². The van der Waals surface area contributed by atoms with E-state index in [0.29, 0.717) is 31.1 Å². The number of nitrogens with zero attached hydrogens (tertiary/aromatic N) is 1. The molecule has 0 radical (unpaired) electrons. The van der Waals surface area contributed by atoms with Crippen molar-refractivity contribution in [1.29, 1.82) is 0 Å². The average Bonchev–Trinajstić information content (AvgIpc) is 3.01. The third-order valence-corrected chi connectivity index (χ3v) is 4.30. The lowest BCUT2D eigenvalue weighted by atomic mass is 10.2. The number of hydrogen-bond acceptors (Lipinski definition) is 3. The molecule has 3 rings (SSSR count). The zero-order valence-corrected chi connectivity index (χ0v) is 15.8. The minimum absolute atomic E-state index is 0.164. The molecule has 0 unspecified atom stereocenters. The van der Waals surface area contributed by atoms with Gasteiger partial charge < -0.3 is 19.9 Å². The van der Waals surface area contributed by atoms with Crippen molar-refractivity contribution in [3.05, 3.63) is 65.6 Å². The smallest absolute Gasteiger partial charge is 0.268 e. The fourth-order valence-corrected chi connectivity index (χ4v) is 3.04. The molecule has 28 heavy (non-hydrogen) atoms. The molecule has 7 heteroatoms. The van der Waals surface area contributed by atoms with Crippen molar-refractivity contribution < 1.29 is 18.7 Å². The molecular formula is C21H22FN3O3. The number of aromatic nitrogens is 1. The lowest BCUT2D eigenvalue weighted by Gasteiger charge is -2.12. The van der Waals surface area contributed by atoms with Crippen molar-refractivity contribution in [2.24, 2.45) is 0 Å². The zero-order valence-electron chi connectivity index (χ0n) is 15.8. The normalized spacial score (nSPS) is 10.8. The largest absolute Gasteiger partial charge is 0.383 e. The van der Waals surface area contributed by atoms with E-state index in [1.165, 1.54) is 19.1 Å². The van der Waals surface area contributed by atoms with Gasteiger partial charge in [0, 0.05) is 43.7 Å². The predicted molar refractivity (Wildman–Crippen MR) is 106 cm³/mol. The number of nitrogens with one attached hydrogen (secondary N) is 2. The second-order valence-electron chi connectivity index (χ2n) is 6.45. The van der Waals surface area contributed by atoms with E-state index in [1.807, 2.05) is 16.7 Å². The molecule has 1 aromatic heterocycles. The van der Waals surface area contributed by atoms with Gasteiger partial charge in [0.2, 0.25) is 5.91 Å². The minimum Gasteiger partial charge on any atom is -0.383 e. The van der Waals surface area contributed by atoms with Crippen molar-refractivity contribution in [3.8, 4) is 0 Å². The van der Waals surface area contributed by atoms with Gasteiger partial charge in [0.05, 0.1) is 6.61 Å². The molecule has 3 aromatic rings. The van der Waals surface area contributed by atoms with Gasteiger partial charge in [0.1, 0.15) is 11.5 Å². The molecule has 0 saturated carbocycles. The Kier molecular flexibility index (Phi) is 6.06. The number of carbonyl (C=O) groups is 2. The van der Waals surface area contributed by atoms with Gasteiger partial charge in [-0.15, -0.1) is 0 Å². The van der Waals surface area contributed by atoms with Gasteiger partial charge in [0.15, 0.2) is 0 Å². The molecular weight excluding hydrogens is 361 g/mol. The number of ether oxygens (including phenoxy) is 1. The summed E-state index contributed by atoms with van der Waals surface area (Å²) in [6.07, 6.45) is 0. The van der Waals surface area contributed by atoms with Crippen LogP contribution in [0, 0.1) is 5.82 Å². The Labute approximate surface area is 162 Å². The fourth-order valence-electron chi connectivity index (χ4n) is 3.04. The Balaban J connectivity index is 2.00. The maximum atomic E-state index is 13.2. The topological polar surface area (TPSA) is 72.4 Å². The van der Waals surface area contributed by atoms with E-state index in [9.17, 15) is 14.0 Å². The lowest BCUT2D eigenvalue weighted by molar-refractivity contribution is -0.114. The van der Waals surface area contributed by atoms with Crippen LogP contribution in [0.3, 0.4) is 0 Å². The molecule has 0 atom stereocenters. The first-order valence-corrected chi connectivity index (χ1v) is 8.90. The Morgan fingerprint density at radius 3 is 2.54 bits per heavy atom. The second kappa shape index (κ2) is 8.67. The number of anilines is 1. The molecule has 2 amide bonds. The molecule has 0 aliphatic rings. The Hall–Kier alpha value is -3.19. The van der Waals surface area contributed by atoms with Gasteiger partial charge >= 0.3 is 0 Å². The highest BCUT2D eigenvalue weighted by Gasteiger charge is 2.16. The maximum Gasteiger partial charge on any atom is 0.268 e. The zero-order chi connectivity index (χ0) is 20.1. The van der Waals surface area contributed by atoms with Crippen LogP contribution in [0.5, 0.6) is 0 Å². The van der Waals surface area contributed by atoms with Crippen molar-refractivity contribution in [3.63, 3.8) is 0 Å². The van der Waals surface area contributed by atoms with E-state index in [1.54, 1.807) is 31.4 Å². The number of carbonyl (C=O) groups excluding carboxylic acids is 2. The van der Waals surface area contributed by atoms with Gasteiger partial charge in [0.25, 0.3) is 5.91 Å². The summed E-state index contributed by atoms with van der Waals surface area (Å²) in [5.74, 6) is -0.697. The van der Waals surface area contributed by atoms with Crippen LogP contribution in [0.15, 0.2) is 48.5 Å². The summed E-state index contributed by atoms with van der Waals surface area (Å²) in [7, 11) is 1.57. The average molecular weight is 383 g/mol. The number of amides is 2. The van der Waals surface area contributed by atoms with E-state index in [0.717, 1.165) is 16.5 Å². The van der Waals surface area contributed by atoms with Gasteiger partial charge in [-0.2, -0.15) is 0 Å². The number of halogens is 1. The Morgan fingerprint density at radius 2 is 1.86 bits per heavy atom. The number of methoxy groups -OCH3 is 1. The summed E-state index contributed by atoms with van der Waals surface area (Å²) < 4.78 is 20.1. The molecule has 0 bridgehead atoms. The molecule has 1 heterocycles. The molecule has 0 spiro atoms. The van der Waals surface area contributed by atoms with Crippen LogP contribution in [0.1, 0.15) is 23.0 Å². The van der Waals surface area contributed by atoms with Crippen molar-refractivity contribution in [2.45, 2.75) is 13.5 Å². The number of hydrogen-bond donors (Lipinski definition) is 2. The van der Waals surface area contributed by atoms with E-state index in [4.69, 9.17) is 4.74 Å². The second-order valence-corrected chi connectivity index (χ2v) is 6.45. The summed E-state index contributed by atoms with van der Waals surface area (Å²) >= 11 is 0. The fraction of sp³-hybridized carbons (Fsp3) is 0.238. The van der Waals surface area contributed by atoms with E-state index >= 15 is 0 Å². The summed E-state index contributed by atoms with van der Waals surface area (Å²) in [6.45, 7) is 2.66. The minimum atomic E-state index is -0.307. The number of rotatable bonds is 7. The van der Waals surface area contributed by atoms with Crippen molar-refractivity contribution >= 4 is 28.4 Å². The molecule has 0 aliphatic heterocycles. The van der Waals surface area contributed by atoms with Gasteiger partial charge in [-0.25, -0.2) is 4.39 Å². The number of fused-ring (bicyclic) bond motifs is 1. The summed E-state index contributed by atoms with van der Waals surface area (Å²) in [5.41, 5.74) is 2.85. The Bertz CT molecular complexity index is 996. The first-order chi connectivity index (χ1) is 13.5. The van der Waals surface area contributed by atoms with Crippen LogP contribution in [-0.2, 0) is 16.1 Å². The Morgan fingerprint density at radius 1 is 1.11 bits per heavy atom. The van der Waals surface area contributed by atoms with Gasteiger partial charge in [-0.1, -0.05) is 12.1 Å². The lowest BCUT2D eigenvalue weighted by Crippen LogP contribution is -2.29. The monoisotopic (exact) mass is 383 g/mol. The van der Waals surface area contributed by atoms with Crippen LogP contribution in [0.25, 0.3) is 10.9 Å². The highest BCUT2D eigenvalue weighted by molar-refractivity contribution is 6.00. The molecule has 146 valence electrons. The molecule has 2 N–H and O–H groups in total. The maximum absolute atomic E-state index is 13.2. The first kappa shape index (κ1) is 19.6. The SMILES string of the molecule is COCCNC(=O)c1cc2cc(NC(C)=O)ccc2n1Cc1ccc(F)cc1. The third-order valence-electron chi connectivity index (χ3n) is 4.30. The van der Waals surface area contributed by atoms with E-state index < -0.39 is 0 Å². The predicted octanol–water partition coefficient (Wildman–Crippen LogP) is 3.16. The molecule has 0 aliphatic carbocycles. The molecule has 0 saturated heterocycles. The number of benzene rings is 2. The third kappa shape index (κ3) is 4.55. The van der Waals surface area contributed by atoms with Gasteiger partial charge in [-0.05, 0) is 42.0 Å². The molecule has 6 nitrogen and oxygen atoms in total. The van der Waals surface area contributed by atoms with Gasteiger partial charge in [-0.3, -0.25) is 9.59 Å². The highest BCUT2D eigenvalue weighted by Crippen LogP contribution is 2.25. The first-order valence-electron chi connectivity index (χ1n) is 8.90. The quantitative estimate of drug-likeness (QED) is 0.616. The summed E-state index contributed by atoms with van der Waals surface area (Å²) in [5, 5.41) is 6.40. The van der Waals surface area contributed by atoms with Crippen molar-refractivity contribution in [1.82, 2.24) is 9.88 Å². The molecule has 0 fully saturated rings. The van der Waals surface area contributed by atoms with Crippen LogP contribution in [0.2, 0.25) is 0 Å². The summed E-state index contributed by atoms with van der Waals surface area (Å²) in [4.78, 5) is 24.0. The standard InChI is InChI=1S/C21H22FN3O3/c1-14(26)24-18-7-8-19-16(11-18)12-20(21(27)23-9-10-28-2)25(19)13-15-3-5-17(22)6-4-15/h3-8,11-12H,9-10,13H2,1-2H3,(H,23,27)(H,24,26). The van der Waals surface area contributed by atoms with Crippen LogP contribution in [0.4, 0.5) is 10.1 Å². The van der Waals surface area contributed by atoms with Crippen LogP contribution in [-0.4, -0.2) is 36.6 Å². The van der Waals surface area contributed by atoms with Crippen LogP contribution < -0.4 is 10.6 Å².